The zero-order chi connectivity index (χ0) is 19.0. The highest BCUT2D eigenvalue weighted by molar-refractivity contribution is 7.11. The van der Waals surface area contributed by atoms with Crippen LogP contribution in [0, 0.1) is 0 Å². The summed E-state index contributed by atoms with van der Waals surface area (Å²) >= 11 is 1.72. The third-order valence-electron chi connectivity index (χ3n) is 5.14. The van der Waals surface area contributed by atoms with Gasteiger partial charge in [-0.15, -0.1) is 11.3 Å². The molecule has 1 aliphatic carbocycles. The summed E-state index contributed by atoms with van der Waals surface area (Å²) < 4.78 is 0. The summed E-state index contributed by atoms with van der Waals surface area (Å²) in [5.41, 5.74) is 1.57. The molecular weight excluding hydrogens is 360 g/mol. The number of carbonyl (C=O) groups is 1. The van der Waals surface area contributed by atoms with Gasteiger partial charge in [0.25, 0.3) is 5.56 Å². The minimum atomic E-state index is -0.452. The van der Waals surface area contributed by atoms with Crippen molar-refractivity contribution in [2.75, 3.05) is 7.05 Å². The summed E-state index contributed by atoms with van der Waals surface area (Å²) in [6, 6.07) is 7.25. The van der Waals surface area contributed by atoms with Crippen LogP contribution in [-0.2, 0) is 24.2 Å². The molecule has 0 fully saturated rings. The van der Waals surface area contributed by atoms with Crippen LogP contribution in [0.1, 0.15) is 47.0 Å². The molecule has 7 heteroatoms. The van der Waals surface area contributed by atoms with Gasteiger partial charge < -0.3 is 4.90 Å². The maximum atomic E-state index is 13.0. The number of aromatic nitrogens is 3. The van der Waals surface area contributed by atoms with Crippen LogP contribution in [0.3, 0.4) is 0 Å². The highest BCUT2D eigenvalue weighted by Gasteiger charge is 2.25. The van der Waals surface area contributed by atoms with Crippen molar-refractivity contribution >= 4 is 28.0 Å². The second-order valence-electron chi connectivity index (χ2n) is 7.08. The number of nitrogens with one attached hydrogen (secondary N) is 1. The molecule has 2 aromatic heterocycles. The number of likely N-dealkylation sites (N-methyl/N-ethyl adjacent to an activating group) is 1. The Bertz CT molecular complexity index is 1030. The Morgan fingerprint density at radius 2 is 2.00 bits per heavy atom. The summed E-state index contributed by atoms with van der Waals surface area (Å²) in [6.45, 7) is 2.33. The Morgan fingerprint density at radius 1 is 1.26 bits per heavy atom. The number of nitrogens with zero attached hydrogens (tertiary/aromatic N) is 3. The van der Waals surface area contributed by atoms with Gasteiger partial charge in [-0.2, -0.15) is 5.10 Å². The number of hydrogen-bond donors (Lipinski definition) is 1. The largest absolute Gasteiger partial charge is 0.338 e. The first-order valence-electron chi connectivity index (χ1n) is 9.24. The fourth-order valence-electron chi connectivity index (χ4n) is 3.67. The van der Waals surface area contributed by atoms with Crippen LogP contribution < -0.4 is 5.56 Å². The van der Waals surface area contributed by atoms with Crippen LogP contribution in [-0.4, -0.2) is 33.0 Å². The van der Waals surface area contributed by atoms with Crippen LogP contribution in [0.25, 0.3) is 10.8 Å². The van der Waals surface area contributed by atoms with Gasteiger partial charge in [-0.05, 0) is 38.7 Å². The molecule has 1 aliphatic rings. The normalized spacial score (nSPS) is 14.7. The van der Waals surface area contributed by atoms with E-state index in [1.54, 1.807) is 29.4 Å². The van der Waals surface area contributed by atoms with E-state index in [0.29, 0.717) is 17.6 Å². The minimum Gasteiger partial charge on any atom is -0.338 e. The van der Waals surface area contributed by atoms with E-state index in [1.165, 1.54) is 23.4 Å². The number of rotatable bonds is 4. The zero-order valence-electron chi connectivity index (χ0n) is 15.5. The fraction of sp³-hybridized carbons (Fsp3) is 0.400. The molecule has 0 saturated heterocycles. The lowest BCUT2D eigenvalue weighted by molar-refractivity contribution is -0.131. The molecule has 3 aromatic rings. The third-order valence-corrected chi connectivity index (χ3v) is 6.29. The number of thiazole rings is 1. The Labute approximate surface area is 161 Å². The highest BCUT2D eigenvalue weighted by atomic mass is 32.1. The van der Waals surface area contributed by atoms with Gasteiger partial charge in [0.15, 0.2) is 0 Å². The van der Waals surface area contributed by atoms with E-state index in [1.807, 2.05) is 25.1 Å². The molecule has 0 aliphatic heterocycles. The SMILES string of the molecule is C[C@H](C(=O)N(C)Cc1nc2c(s1)CCCC2)c1n[nH]c(=O)c2ccccc12. The number of aromatic amines is 1. The summed E-state index contributed by atoms with van der Waals surface area (Å²) in [7, 11) is 1.80. The lowest BCUT2D eigenvalue weighted by atomic mass is 10.0. The average Bonchev–Trinajstić information content (AvgIpc) is 3.09. The monoisotopic (exact) mass is 382 g/mol. The first-order valence-corrected chi connectivity index (χ1v) is 10.1. The molecule has 0 radical (unpaired) electrons. The van der Waals surface area contributed by atoms with Crippen LogP contribution in [0.15, 0.2) is 29.1 Å². The second-order valence-corrected chi connectivity index (χ2v) is 8.25. The van der Waals surface area contributed by atoms with E-state index in [0.717, 1.165) is 23.2 Å². The van der Waals surface area contributed by atoms with Crippen LogP contribution in [0.5, 0.6) is 0 Å². The van der Waals surface area contributed by atoms with Gasteiger partial charge in [-0.3, -0.25) is 9.59 Å². The molecule has 0 spiro atoms. The Hall–Kier alpha value is -2.54. The van der Waals surface area contributed by atoms with E-state index in [4.69, 9.17) is 4.98 Å². The van der Waals surface area contributed by atoms with E-state index >= 15 is 0 Å². The van der Waals surface area contributed by atoms with Crippen molar-refractivity contribution < 1.29 is 4.79 Å². The Balaban J connectivity index is 1.56. The van der Waals surface area contributed by atoms with Crippen LogP contribution >= 0.6 is 11.3 Å². The van der Waals surface area contributed by atoms with Crippen molar-refractivity contribution in [3.05, 3.63) is 55.9 Å². The molecule has 1 atom stereocenters. The van der Waals surface area contributed by atoms with Crippen molar-refractivity contribution in [1.29, 1.82) is 0 Å². The number of fused-ring (bicyclic) bond motifs is 2. The molecule has 140 valence electrons. The molecular formula is C20H22N4O2S. The topological polar surface area (TPSA) is 79.0 Å². The van der Waals surface area contributed by atoms with Crippen molar-refractivity contribution in [3.8, 4) is 0 Å². The number of carbonyl (C=O) groups excluding carboxylic acids is 1. The predicted molar refractivity (Wildman–Crippen MR) is 106 cm³/mol. The van der Waals surface area contributed by atoms with E-state index in [9.17, 15) is 9.59 Å². The van der Waals surface area contributed by atoms with Gasteiger partial charge in [-0.1, -0.05) is 18.2 Å². The minimum absolute atomic E-state index is 0.0344. The third kappa shape index (κ3) is 3.39. The molecule has 4 rings (SSSR count). The number of hydrogen-bond acceptors (Lipinski definition) is 5. The molecule has 1 amide bonds. The van der Waals surface area contributed by atoms with Gasteiger partial charge in [0, 0.05) is 17.3 Å². The van der Waals surface area contributed by atoms with Crippen molar-refractivity contribution in [3.63, 3.8) is 0 Å². The number of aryl methyl sites for hydroxylation is 2. The summed E-state index contributed by atoms with van der Waals surface area (Å²) in [5, 5.41) is 8.95. The molecule has 2 heterocycles. The average molecular weight is 382 g/mol. The molecule has 0 unspecified atom stereocenters. The highest BCUT2D eigenvalue weighted by Crippen LogP contribution is 2.28. The van der Waals surface area contributed by atoms with Crippen LogP contribution in [0.4, 0.5) is 0 Å². The zero-order valence-corrected chi connectivity index (χ0v) is 16.3. The lowest BCUT2D eigenvalue weighted by Crippen LogP contribution is -2.31. The lowest BCUT2D eigenvalue weighted by Gasteiger charge is -2.20. The summed E-state index contributed by atoms with van der Waals surface area (Å²) in [6.07, 6.45) is 4.58. The number of benzene rings is 1. The van der Waals surface area contributed by atoms with Crippen molar-refractivity contribution in [1.82, 2.24) is 20.1 Å². The molecule has 1 aromatic carbocycles. The van der Waals surface area contributed by atoms with E-state index < -0.39 is 5.92 Å². The standard InChI is InChI=1S/C20H22N4O2S/c1-12(18-13-7-3-4-8-14(13)19(25)23-22-18)20(26)24(2)11-17-21-15-9-5-6-10-16(15)27-17/h3-4,7-8,12H,5-6,9-11H2,1-2H3,(H,23,25)/t12-/m0/s1. The van der Waals surface area contributed by atoms with Crippen molar-refractivity contribution in [2.45, 2.75) is 45.1 Å². The summed E-state index contributed by atoms with van der Waals surface area (Å²) in [4.78, 5) is 32.8. The first-order chi connectivity index (χ1) is 13.0. The number of H-pyrrole nitrogens is 1. The smallest absolute Gasteiger partial charge is 0.272 e. The fourth-order valence-corrected chi connectivity index (χ4v) is 4.88. The quantitative estimate of drug-likeness (QED) is 0.752. The van der Waals surface area contributed by atoms with Gasteiger partial charge in [0.1, 0.15) is 5.01 Å². The van der Waals surface area contributed by atoms with Gasteiger partial charge in [0.2, 0.25) is 5.91 Å². The maximum Gasteiger partial charge on any atom is 0.272 e. The van der Waals surface area contributed by atoms with Gasteiger partial charge in [0.05, 0.1) is 29.2 Å². The predicted octanol–water partition coefficient (Wildman–Crippen LogP) is 3.02. The van der Waals surface area contributed by atoms with Gasteiger partial charge >= 0.3 is 0 Å². The Morgan fingerprint density at radius 3 is 2.78 bits per heavy atom. The second kappa shape index (κ2) is 7.23. The molecule has 0 bridgehead atoms. The van der Waals surface area contributed by atoms with E-state index in [2.05, 4.69) is 10.2 Å². The molecule has 1 N–H and O–H groups in total. The molecule has 6 nitrogen and oxygen atoms in total. The van der Waals surface area contributed by atoms with Crippen LogP contribution in [0.2, 0.25) is 0 Å². The summed E-state index contributed by atoms with van der Waals surface area (Å²) in [5.74, 6) is -0.487. The van der Waals surface area contributed by atoms with Crippen molar-refractivity contribution in [2.24, 2.45) is 0 Å². The van der Waals surface area contributed by atoms with Gasteiger partial charge in [-0.25, -0.2) is 10.1 Å². The maximum absolute atomic E-state index is 13.0. The Kier molecular flexibility index (Phi) is 4.78. The number of amides is 1. The molecule has 0 saturated carbocycles. The first kappa shape index (κ1) is 17.9. The molecule has 27 heavy (non-hydrogen) atoms. The van der Waals surface area contributed by atoms with E-state index in [-0.39, 0.29) is 11.5 Å².